The maximum absolute atomic E-state index is 12.7. The summed E-state index contributed by atoms with van der Waals surface area (Å²) in [5, 5.41) is 0. The highest BCUT2D eigenvalue weighted by molar-refractivity contribution is 14.1. The van der Waals surface area contributed by atoms with E-state index in [0.29, 0.717) is 14.7 Å². The molecule has 1 aromatic rings. The number of carbonyl (C=O) groups is 1. The lowest BCUT2D eigenvalue weighted by molar-refractivity contribution is -0.142. The van der Waals surface area contributed by atoms with Crippen molar-refractivity contribution in [3.8, 4) is 0 Å². The van der Waals surface area contributed by atoms with Crippen molar-refractivity contribution in [1.82, 2.24) is 4.98 Å². The summed E-state index contributed by atoms with van der Waals surface area (Å²) >= 11 is 1.78. The van der Waals surface area contributed by atoms with Gasteiger partial charge < -0.3 is 10.5 Å². The van der Waals surface area contributed by atoms with E-state index in [0.717, 1.165) is 0 Å². The Morgan fingerprint density at radius 2 is 2.28 bits per heavy atom. The van der Waals surface area contributed by atoms with Crippen molar-refractivity contribution in [2.45, 2.75) is 26.3 Å². The van der Waals surface area contributed by atoms with Gasteiger partial charge in [-0.1, -0.05) is 0 Å². The van der Waals surface area contributed by atoms with E-state index in [-0.39, 0.29) is 25.3 Å². The van der Waals surface area contributed by atoms with Gasteiger partial charge in [-0.25, -0.2) is 8.78 Å². The first-order valence-corrected chi connectivity index (χ1v) is 6.39. The summed E-state index contributed by atoms with van der Waals surface area (Å²) in [6.07, 6.45) is -1.39. The lowest BCUT2D eigenvalue weighted by Crippen LogP contribution is -2.14. The number of nitrogens with two attached hydrogens (primary N) is 1. The van der Waals surface area contributed by atoms with E-state index >= 15 is 0 Å². The molecule has 0 radical (unpaired) electrons. The molecule has 0 aromatic carbocycles. The molecule has 4 nitrogen and oxygen atoms in total. The highest BCUT2D eigenvalue weighted by Gasteiger charge is 2.19. The Labute approximate surface area is 117 Å². The molecule has 18 heavy (non-hydrogen) atoms. The molecule has 0 spiro atoms. The van der Waals surface area contributed by atoms with Crippen LogP contribution in [0, 0.1) is 3.57 Å². The van der Waals surface area contributed by atoms with Gasteiger partial charge in [-0.3, -0.25) is 9.78 Å². The first kappa shape index (κ1) is 15.2. The van der Waals surface area contributed by atoms with Gasteiger partial charge in [0.05, 0.1) is 13.0 Å². The molecule has 7 heteroatoms. The molecule has 2 N–H and O–H groups in total. The maximum Gasteiger partial charge on any atom is 0.310 e. The van der Waals surface area contributed by atoms with E-state index in [4.69, 9.17) is 10.5 Å². The second-order valence-electron chi connectivity index (χ2n) is 3.45. The Kier molecular flexibility index (Phi) is 5.86. The minimum Gasteiger partial charge on any atom is -0.466 e. The van der Waals surface area contributed by atoms with Crippen LogP contribution in [0.2, 0.25) is 0 Å². The number of hydrogen-bond acceptors (Lipinski definition) is 4. The molecule has 100 valence electrons. The van der Waals surface area contributed by atoms with Gasteiger partial charge in [0.2, 0.25) is 0 Å². The summed E-state index contributed by atoms with van der Waals surface area (Å²) in [7, 11) is 0. The van der Waals surface area contributed by atoms with Crippen molar-refractivity contribution in [2.24, 2.45) is 5.73 Å². The summed E-state index contributed by atoms with van der Waals surface area (Å²) < 4.78 is 30.4. The first-order valence-electron chi connectivity index (χ1n) is 5.31. The maximum atomic E-state index is 12.7. The molecule has 0 bridgehead atoms. The van der Waals surface area contributed by atoms with Crippen molar-refractivity contribution in [1.29, 1.82) is 0 Å². The van der Waals surface area contributed by atoms with E-state index in [1.165, 1.54) is 6.20 Å². The van der Waals surface area contributed by atoms with Gasteiger partial charge in [-0.2, -0.15) is 0 Å². The van der Waals surface area contributed by atoms with E-state index in [2.05, 4.69) is 4.98 Å². The minimum atomic E-state index is -2.65. The largest absolute Gasteiger partial charge is 0.466 e. The molecule has 0 atom stereocenters. The van der Waals surface area contributed by atoms with Gasteiger partial charge >= 0.3 is 5.97 Å². The number of ether oxygens (including phenoxy) is 1. The van der Waals surface area contributed by atoms with E-state index in [1.807, 2.05) is 0 Å². The Morgan fingerprint density at radius 1 is 1.61 bits per heavy atom. The van der Waals surface area contributed by atoms with E-state index < -0.39 is 12.4 Å². The number of aromatic nitrogens is 1. The predicted octanol–water partition coefficient (Wildman–Crippen LogP) is 2.19. The Balaban J connectivity index is 3.07. The second kappa shape index (κ2) is 6.93. The molecule has 1 rings (SSSR count). The summed E-state index contributed by atoms with van der Waals surface area (Å²) in [5.74, 6) is -0.422. The highest BCUT2D eigenvalue weighted by Crippen LogP contribution is 2.27. The van der Waals surface area contributed by atoms with Crippen molar-refractivity contribution < 1.29 is 18.3 Å². The molecule has 1 aromatic heterocycles. The number of carbonyl (C=O) groups excluding carboxylic acids is 1. The first-order chi connectivity index (χ1) is 8.51. The molecule has 0 aliphatic carbocycles. The van der Waals surface area contributed by atoms with Crippen LogP contribution in [0.15, 0.2) is 6.20 Å². The normalized spacial score (nSPS) is 10.8. The van der Waals surface area contributed by atoms with Crippen molar-refractivity contribution in [3.05, 3.63) is 26.6 Å². The van der Waals surface area contributed by atoms with Crippen LogP contribution in [0.5, 0.6) is 0 Å². The summed E-state index contributed by atoms with van der Waals surface area (Å²) in [6, 6.07) is 0. The smallest absolute Gasteiger partial charge is 0.310 e. The standard InChI is InChI=1S/C11H13F2IN2O2/c1-2-18-8(17)3-6-5-16-10(11(12)13)9(14)7(6)4-15/h5,11H,2-4,15H2,1H3. The minimum absolute atomic E-state index is 0.00705. The van der Waals surface area contributed by atoms with Crippen molar-refractivity contribution in [3.63, 3.8) is 0 Å². The van der Waals surface area contributed by atoms with Gasteiger partial charge in [-0.05, 0) is 40.6 Å². The van der Waals surface area contributed by atoms with Crippen molar-refractivity contribution in [2.75, 3.05) is 6.61 Å². The van der Waals surface area contributed by atoms with Crippen LogP contribution in [-0.2, 0) is 22.5 Å². The third-order valence-electron chi connectivity index (χ3n) is 2.29. The van der Waals surface area contributed by atoms with E-state index in [1.54, 1.807) is 29.5 Å². The Hall–Kier alpha value is -0.830. The van der Waals surface area contributed by atoms with Crippen LogP contribution >= 0.6 is 22.6 Å². The molecular weight excluding hydrogens is 357 g/mol. The molecule has 0 saturated heterocycles. The zero-order valence-corrected chi connectivity index (χ0v) is 11.9. The zero-order valence-electron chi connectivity index (χ0n) is 9.75. The number of hydrogen-bond donors (Lipinski definition) is 1. The molecular formula is C11H13F2IN2O2. The molecule has 0 saturated carbocycles. The monoisotopic (exact) mass is 370 g/mol. The van der Waals surface area contributed by atoms with Gasteiger partial charge in [0.25, 0.3) is 6.43 Å². The predicted molar refractivity (Wildman–Crippen MR) is 70.1 cm³/mol. The van der Waals surface area contributed by atoms with Gasteiger partial charge in [-0.15, -0.1) is 0 Å². The number of pyridine rings is 1. The molecule has 0 fully saturated rings. The number of esters is 1. The molecule has 0 aliphatic rings. The molecule has 0 unspecified atom stereocenters. The summed E-state index contributed by atoms with van der Waals surface area (Å²) in [6.45, 7) is 2.05. The summed E-state index contributed by atoms with van der Waals surface area (Å²) in [5.41, 5.74) is 6.29. The van der Waals surface area contributed by atoms with Crippen LogP contribution in [-0.4, -0.2) is 17.6 Å². The van der Waals surface area contributed by atoms with Crippen LogP contribution < -0.4 is 5.73 Å². The third kappa shape index (κ3) is 3.58. The average Bonchev–Trinajstić information content (AvgIpc) is 2.29. The Morgan fingerprint density at radius 3 is 2.78 bits per heavy atom. The number of halogens is 3. The third-order valence-corrected chi connectivity index (χ3v) is 3.49. The topological polar surface area (TPSA) is 65.2 Å². The van der Waals surface area contributed by atoms with Crippen LogP contribution in [0.3, 0.4) is 0 Å². The van der Waals surface area contributed by atoms with Crippen LogP contribution in [0.4, 0.5) is 8.78 Å². The fraction of sp³-hybridized carbons (Fsp3) is 0.455. The van der Waals surface area contributed by atoms with Crippen LogP contribution in [0.25, 0.3) is 0 Å². The molecule has 1 heterocycles. The summed E-state index contributed by atoms with van der Waals surface area (Å²) in [4.78, 5) is 15.0. The highest BCUT2D eigenvalue weighted by atomic mass is 127. The molecule has 0 aliphatic heterocycles. The van der Waals surface area contributed by atoms with Gasteiger partial charge in [0.1, 0.15) is 5.69 Å². The van der Waals surface area contributed by atoms with Crippen LogP contribution in [0.1, 0.15) is 30.2 Å². The van der Waals surface area contributed by atoms with Gasteiger partial charge in [0.15, 0.2) is 0 Å². The molecule has 0 amide bonds. The number of nitrogens with zero attached hydrogens (tertiary/aromatic N) is 1. The zero-order chi connectivity index (χ0) is 13.7. The fourth-order valence-corrected chi connectivity index (χ4v) is 2.41. The lowest BCUT2D eigenvalue weighted by atomic mass is 10.1. The Bertz CT molecular complexity index is 441. The quantitative estimate of drug-likeness (QED) is 0.638. The number of alkyl halides is 2. The fourth-order valence-electron chi connectivity index (χ4n) is 1.47. The second-order valence-corrected chi connectivity index (χ2v) is 4.53. The van der Waals surface area contributed by atoms with Gasteiger partial charge in [0, 0.05) is 16.3 Å². The lowest BCUT2D eigenvalue weighted by Gasteiger charge is -2.12. The SMILES string of the molecule is CCOC(=O)Cc1cnc(C(F)F)c(I)c1CN. The number of rotatable bonds is 5. The van der Waals surface area contributed by atoms with Crippen molar-refractivity contribution >= 4 is 28.6 Å². The average molecular weight is 370 g/mol. The van der Waals surface area contributed by atoms with E-state index in [9.17, 15) is 13.6 Å².